The molecule has 1 aromatic carbocycles. The van der Waals surface area contributed by atoms with E-state index in [0.717, 1.165) is 18.6 Å². The van der Waals surface area contributed by atoms with E-state index < -0.39 is 12.0 Å². The van der Waals surface area contributed by atoms with Crippen molar-refractivity contribution in [1.29, 1.82) is 0 Å². The summed E-state index contributed by atoms with van der Waals surface area (Å²) in [4.78, 5) is 38.4. The number of carbonyl (C=O) groups excluding carboxylic acids is 2. The fourth-order valence-corrected chi connectivity index (χ4v) is 3.54. The molecular formula is C22H26N2O5. The minimum absolute atomic E-state index is 0.169. The van der Waals surface area contributed by atoms with Crippen LogP contribution in [0.25, 0.3) is 0 Å². The van der Waals surface area contributed by atoms with Gasteiger partial charge in [0.2, 0.25) is 0 Å². The lowest BCUT2D eigenvalue weighted by atomic mass is 10.0. The molecule has 0 spiro atoms. The third-order valence-corrected chi connectivity index (χ3v) is 5.17. The molecule has 1 unspecified atom stereocenters. The summed E-state index contributed by atoms with van der Waals surface area (Å²) in [6.07, 6.45) is 2.03. The second-order valence-electron chi connectivity index (χ2n) is 7.66. The number of benzene rings is 1. The van der Waals surface area contributed by atoms with Crippen LogP contribution in [0.15, 0.2) is 34.7 Å². The molecule has 1 atom stereocenters. The highest BCUT2D eigenvalue weighted by molar-refractivity contribution is 6.06. The monoisotopic (exact) mass is 398 g/mol. The zero-order valence-electron chi connectivity index (χ0n) is 16.9. The van der Waals surface area contributed by atoms with E-state index in [-0.39, 0.29) is 17.7 Å². The van der Waals surface area contributed by atoms with Crippen LogP contribution in [-0.2, 0) is 4.79 Å². The molecule has 0 saturated carbocycles. The lowest BCUT2D eigenvalue weighted by molar-refractivity contribution is -0.143. The Morgan fingerprint density at radius 1 is 1.21 bits per heavy atom. The van der Waals surface area contributed by atoms with Gasteiger partial charge in [0.15, 0.2) is 0 Å². The Morgan fingerprint density at radius 2 is 1.97 bits per heavy atom. The molecule has 2 heterocycles. The molecule has 2 N–H and O–H groups in total. The van der Waals surface area contributed by atoms with Gasteiger partial charge in [-0.1, -0.05) is 19.9 Å². The number of carboxylic acid groups (broad SMARTS) is 1. The number of anilines is 1. The van der Waals surface area contributed by atoms with Crippen LogP contribution in [-0.4, -0.2) is 40.4 Å². The molecule has 2 amide bonds. The first-order chi connectivity index (χ1) is 13.8. The summed E-state index contributed by atoms with van der Waals surface area (Å²) in [6, 6.07) is 7.49. The van der Waals surface area contributed by atoms with Gasteiger partial charge >= 0.3 is 5.97 Å². The fourth-order valence-electron chi connectivity index (χ4n) is 3.54. The van der Waals surface area contributed by atoms with Gasteiger partial charge in [-0.3, -0.25) is 9.59 Å². The standard InChI is InChI=1S/C22H26N2O5/c1-13(2)19-12-17(14(3)29-19)20(25)23-16-8-6-7-15(11-16)21(26)24-10-5-4-9-18(24)22(27)28/h6-8,11-13,18H,4-5,9-10H2,1-3H3,(H,23,25)(H,27,28). The Hall–Kier alpha value is -3.09. The number of furan rings is 1. The average molecular weight is 398 g/mol. The molecule has 1 aliphatic rings. The smallest absolute Gasteiger partial charge is 0.326 e. The summed E-state index contributed by atoms with van der Waals surface area (Å²) in [5, 5.41) is 12.2. The number of hydrogen-bond donors (Lipinski definition) is 2. The average Bonchev–Trinajstić information content (AvgIpc) is 3.10. The lowest BCUT2D eigenvalue weighted by Crippen LogP contribution is -2.48. The van der Waals surface area contributed by atoms with Crippen molar-refractivity contribution in [2.75, 3.05) is 11.9 Å². The van der Waals surface area contributed by atoms with E-state index >= 15 is 0 Å². The molecule has 1 aliphatic heterocycles. The number of nitrogens with one attached hydrogen (secondary N) is 1. The first kappa shape index (κ1) is 20.6. The number of amides is 2. The van der Waals surface area contributed by atoms with Gasteiger partial charge in [0, 0.05) is 23.7 Å². The summed E-state index contributed by atoms with van der Waals surface area (Å²) in [6.45, 7) is 6.13. The molecule has 29 heavy (non-hydrogen) atoms. The van der Waals surface area contributed by atoms with E-state index in [1.165, 1.54) is 4.90 Å². The van der Waals surface area contributed by atoms with E-state index in [1.54, 1.807) is 37.3 Å². The lowest BCUT2D eigenvalue weighted by Gasteiger charge is -2.33. The second-order valence-corrected chi connectivity index (χ2v) is 7.66. The number of rotatable bonds is 5. The molecule has 7 heteroatoms. The molecule has 0 radical (unpaired) electrons. The molecule has 3 rings (SSSR count). The first-order valence-electron chi connectivity index (χ1n) is 9.83. The van der Waals surface area contributed by atoms with Crippen LogP contribution in [0.2, 0.25) is 0 Å². The Morgan fingerprint density at radius 3 is 2.62 bits per heavy atom. The highest BCUT2D eigenvalue weighted by Gasteiger charge is 2.32. The van der Waals surface area contributed by atoms with Gasteiger partial charge < -0.3 is 19.7 Å². The third kappa shape index (κ3) is 4.50. The molecular weight excluding hydrogens is 372 g/mol. The maximum absolute atomic E-state index is 12.9. The van der Waals surface area contributed by atoms with Crippen LogP contribution in [0, 0.1) is 6.92 Å². The van der Waals surface area contributed by atoms with E-state index in [9.17, 15) is 19.5 Å². The van der Waals surface area contributed by atoms with Crippen LogP contribution >= 0.6 is 0 Å². The highest BCUT2D eigenvalue weighted by atomic mass is 16.4. The predicted octanol–water partition coefficient (Wildman–Crippen LogP) is 4.04. The molecule has 2 aromatic rings. The maximum Gasteiger partial charge on any atom is 0.326 e. The fraction of sp³-hybridized carbons (Fsp3) is 0.409. The molecule has 1 saturated heterocycles. The third-order valence-electron chi connectivity index (χ3n) is 5.17. The minimum atomic E-state index is -0.987. The van der Waals surface area contributed by atoms with Crippen molar-refractivity contribution < 1.29 is 23.9 Å². The molecule has 1 fully saturated rings. The number of aliphatic carboxylic acids is 1. The van der Waals surface area contributed by atoms with Crippen molar-refractivity contribution in [3.8, 4) is 0 Å². The van der Waals surface area contributed by atoms with Gasteiger partial charge in [0.05, 0.1) is 5.56 Å². The zero-order chi connectivity index (χ0) is 21.1. The second kappa shape index (κ2) is 8.51. The summed E-state index contributed by atoms with van der Waals surface area (Å²) >= 11 is 0. The van der Waals surface area contributed by atoms with Crippen molar-refractivity contribution >= 4 is 23.5 Å². The Kier molecular flexibility index (Phi) is 6.06. The van der Waals surface area contributed by atoms with E-state index in [1.807, 2.05) is 13.8 Å². The number of likely N-dealkylation sites (tertiary alicyclic amines) is 1. The molecule has 154 valence electrons. The van der Waals surface area contributed by atoms with Crippen molar-refractivity contribution in [2.45, 2.75) is 52.0 Å². The Labute approximate surface area is 169 Å². The number of hydrogen-bond acceptors (Lipinski definition) is 4. The SMILES string of the molecule is Cc1oc(C(C)C)cc1C(=O)Nc1cccc(C(=O)N2CCCCC2C(=O)O)c1. The van der Waals surface area contributed by atoms with E-state index in [4.69, 9.17) is 4.42 Å². The topological polar surface area (TPSA) is 99.9 Å². The minimum Gasteiger partial charge on any atom is -0.480 e. The van der Waals surface area contributed by atoms with Crippen LogP contribution in [0.1, 0.15) is 71.3 Å². The van der Waals surface area contributed by atoms with Crippen LogP contribution in [0.3, 0.4) is 0 Å². The highest BCUT2D eigenvalue weighted by Crippen LogP contribution is 2.24. The van der Waals surface area contributed by atoms with Gasteiger partial charge in [-0.25, -0.2) is 4.79 Å². The van der Waals surface area contributed by atoms with E-state index in [0.29, 0.717) is 35.5 Å². The largest absolute Gasteiger partial charge is 0.480 e. The van der Waals surface area contributed by atoms with Gasteiger partial charge in [-0.05, 0) is 50.5 Å². The summed E-state index contributed by atoms with van der Waals surface area (Å²) in [5.41, 5.74) is 1.27. The summed E-state index contributed by atoms with van der Waals surface area (Å²) in [5.74, 6) is -0.196. The number of carbonyl (C=O) groups is 3. The van der Waals surface area contributed by atoms with E-state index in [2.05, 4.69) is 5.32 Å². The number of carboxylic acids is 1. The summed E-state index contributed by atoms with van der Waals surface area (Å²) < 4.78 is 5.63. The number of piperidine rings is 1. The normalized spacial score (nSPS) is 16.7. The van der Waals surface area contributed by atoms with Gasteiger partial charge in [-0.2, -0.15) is 0 Å². The van der Waals surface area contributed by atoms with Crippen LogP contribution < -0.4 is 5.32 Å². The van der Waals surface area contributed by atoms with Crippen molar-refractivity contribution in [2.24, 2.45) is 0 Å². The van der Waals surface area contributed by atoms with Gasteiger partial charge in [0.25, 0.3) is 11.8 Å². The Balaban J connectivity index is 1.78. The number of aryl methyl sites for hydroxylation is 1. The van der Waals surface area contributed by atoms with Crippen LogP contribution in [0.5, 0.6) is 0 Å². The predicted molar refractivity (Wildman–Crippen MR) is 108 cm³/mol. The van der Waals surface area contributed by atoms with Gasteiger partial charge in [-0.15, -0.1) is 0 Å². The van der Waals surface area contributed by atoms with Crippen molar-refractivity contribution in [3.63, 3.8) is 0 Å². The van der Waals surface area contributed by atoms with Crippen molar-refractivity contribution in [3.05, 3.63) is 53.0 Å². The Bertz CT molecular complexity index is 931. The molecule has 0 bridgehead atoms. The molecule has 0 aliphatic carbocycles. The number of nitrogens with zero attached hydrogens (tertiary/aromatic N) is 1. The molecule has 1 aromatic heterocycles. The summed E-state index contributed by atoms with van der Waals surface area (Å²) in [7, 11) is 0. The zero-order valence-corrected chi connectivity index (χ0v) is 16.9. The van der Waals surface area contributed by atoms with Crippen LogP contribution in [0.4, 0.5) is 5.69 Å². The van der Waals surface area contributed by atoms with Gasteiger partial charge in [0.1, 0.15) is 17.6 Å². The van der Waals surface area contributed by atoms with Crippen molar-refractivity contribution in [1.82, 2.24) is 4.90 Å². The first-order valence-corrected chi connectivity index (χ1v) is 9.83. The quantitative estimate of drug-likeness (QED) is 0.792. The maximum atomic E-state index is 12.9. The molecule has 7 nitrogen and oxygen atoms in total.